The van der Waals surface area contributed by atoms with Crippen LogP contribution in [0.4, 0.5) is 4.79 Å². The predicted octanol–water partition coefficient (Wildman–Crippen LogP) is 0.985. The van der Waals surface area contributed by atoms with Crippen LogP contribution in [0.2, 0.25) is 0 Å². The number of ether oxygens (including phenoxy) is 1. The third-order valence-electron chi connectivity index (χ3n) is 3.41. The second kappa shape index (κ2) is 5.92. The summed E-state index contributed by atoms with van der Waals surface area (Å²) in [6.45, 7) is 1.55. The number of amides is 3. The van der Waals surface area contributed by atoms with Gasteiger partial charge in [0.15, 0.2) is 6.10 Å². The number of nitrogens with two attached hydrogens (primary N) is 2. The van der Waals surface area contributed by atoms with Crippen LogP contribution in [0.1, 0.15) is 36.9 Å². The Bertz CT molecular complexity index is 530. The van der Waals surface area contributed by atoms with E-state index < -0.39 is 18.0 Å². The lowest BCUT2D eigenvalue weighted by molar-refractivity contribution is -0.126. The summed E-state index contributed by atoms with van der Waals surface area (Å²) in [6.07, 6.45) is 2.25. The first-order chi connectivity index (χ1) is 9.47. The summed E-state index contributed by atoms with van der Waals surface area (Å²) in [7, 11) is 0. The topological polar surface area (TPSA) is 107 Å². The standard InChI is InChI=1S/C14H19N3O3/c1-8(13(18)17-14(16)19)20-10-6-5-9-3-2-4-12(15)11(9)7-10/h5-8,12H,2-4,15H2,1H3,(H3,16,17,18,19)/t8?,12-/m1/s1. The molecule has 0 saturated heterocycles. The van der Waals surface area contributed by atoms with E-state index in [2.05, 4.69) is 0 Å². The van der Waals surface area contributed by atoms with Crippen LogP contribution in [0, 0.1) is 0 Å². The SMILES string of the molecule is CC(Oc1ccc2c(c1)[C@H](N)CCC2)C(=O)NC(N)=O. The number of aryl methyl sites for hydroxylation is 1. The minimum atomic E-state index is -0.891. The van der Waals surface area contributed by atoms with Gasteiger partial charge in [-0.25, -0.2) is 4.79 Å². The maximum Gasteiger partial charge on any atom is 0.318 e. The van der Waals surface area contributed by atoms with E-state index in [1.165, 1.54) is 5.56 Å². The lowest BCUT2D eigenvalue weighted by Crippen LogP contribution is -2.42. The lowest BCUT2D eigenvalue weighted by atomic mass is 9.88. The number of urea groups is 1. The molecule has 0 radical (unpaired) electrons. The maximum absolute atomic E-state index is 11.5. The van der Waals surface area contributed by atoms with Crippen LogP contribution >= 0.6 is 0 Å². The summed E-state index contributed by atoms with van der Waals surface area (Å²) in [5, 5.41) is 1.98. The van der Waals surface area contributed by atoms with E-state index in [-0.39, 0.29) is 6.04 Å². The molecule has 5 N–H and O–H groups in total. The van der Waals surface area contributed by atoms with E-state index in [0.717, 1.165) is 24.8 Å². The van der Waals surface area contributed by atoms with Crippen LogP contribution in [0.25, 0.3) is 0 Å². The minimum absolute atomic E-state index is 0.0112. The number of rotatable bonds is 3. The Balaban J connectivity index is 2.08. The van der Waals surface area contributed by atoms with Crippen LogP contribution in [-0.2, 0) is 11.2 Å². The van der Waals surface area contributed by atoms with Crippen LogP contribution in [-0.4, -0.2) is 18.0 Å². The number of hydrogen-bond acceptors (Lipinski definition) is 4. The predicted molar refractivity (Wildman–Crippen MR) is 74.1 cm³/mol. The third-order valence-corrected chi connectivity index (χ3v) is 3.41. The summed E-state index contributed by atoms with van der Waals surface area (Å²) >= 11 is 0. The van der Waals surface area contributed by atoms with E-state index in [1.807, 2.05) is 23.5 Å². The van der Waals surface area contributed by atoms with Crippen molar-refractivity contribution in [2.75, 3.05) is 0 Å². The van der Waals surface area contributed by atoms with Gasteiger partial charge in [-0.1, -0.05) is 6.07 Å². The zero-order valence-electron chi connectivity index (χ0n) is 11.4. The molecular weight excluding hydrogens is 258 g/mol. The van der Waals surface area contributed by atoms with Gasteiger partial charge < -0.3 is 16.2 Å². The molecule has 6 heteroatoms. The van der Waals surface area contributed by atoms with Crippen molar-refractivity contribution in [3.8, 4) is 5.75 Å². The van der Waals surface area contributed by atoms with Crippen molar-refractivity contribution in [2.45, 2.75) is 38.3 Å². The number of carbonyl (C=O) groups is 2. The Morgan fingerprint density at radius 3 is 2.90 bits per heavy atom. The molecule has 0 spiro atoms. The van der Waals surface area contributed by atoms with Crippen LogP contribution < -0.4 is 21.5 Å². The molecule has 2 rings (SSSR count). The second-order valence-electron chi connectivity index (χ2n) is 4.97. The number of nitrogens with one attached hydrogen (secondary N) is 1. The third kappa shape index (κ3) is 3.27. The molecule has 1 unspecified atom stereocenters. The highest BCUT2D eigenvalue weighted by Gasteiger charge is 2.20. The Morgan fingerprint density at radius 1 is 1.45 bits per heavy atom. The normalized spacial score (nSPS) is 18.8. The van der Waals surface area contributed by atoms with E-state index in [1.54, 1.807) is 6.92 Å². The Labute approximate surface area is 117 Å². The van der Waals surface area contributed by atoms with Crippen molar-refractivity contribution in [2.24, 2.45) is 11.5 Å². The van der Waals surface area contributed by atoms with Gasteiger partial charge in [0.2, 0.25) is 0 Å². The molecular formula is C14H19N3O3. The van der Waals surface area contributed by atoms with Crippen molar-refractivity contribution in [1.82, 2.24) is 5.32 Å². The molecule has 1 aromatic rings. The highest BCUT2D eigenvalue weighted by atomic mass is 16.5. The summed E-state index contributed by atoms with van der Waals surface area (Å²) < 4.78 is 5.52. The highest BCUT2D eigenvalue weighted by molar-refractivity contribution is 5.95. The van der Waals surface area contributed by atoms with Crippen LogP contribution in [0.5, 0.6) is 5.75 Å². The fourth-order valence-corrected chi connectivity index (χ4v) is 2.37. The number of benzene rings is 1. The number of primary amides is 1. The molecule has 108 valence electrons. The lowest BCUT2D eigenvalue weighted by Gasteiger charge is -2.23. The summed E-state index contributed by atoms with van der Waals surface area (Å²) in [5.41, 5.74) is 13.3. The summed E-state index contributed by atoms with van der Waals surface area (Å²) in [5.74, 6) is -0.00672. The molecule has 0 aliphatic heterocycles. The van der Waals surface area contributed by atoms with Crippen molar-refractivity contribution >= 4 is 11.9 Å². The van der Waals surface area contributed by atoms with Gasteiger partial charge in [0, 0.05) is 6.04 Å². The molecule has 20 heavy (non-hydrogen) atoms. The molecule has 6 nitrogen and oxygen atoms in total. The second-order valence-corrected chi connectivity index (χ2v) is 4.97. The summed E-state index contributed by atoms with van der Waals surface area (Å²) in [4.78, 5) is 22.2. The van der Waals surface area contributed by atoms with E-state index in [0.29, 0.717) is 5.75 Å². The van der Waals surface area contributed by atoms with Crippen molar-refractivity contribution < 1.29 is 14.3 Å². The number of fused-ring (bicyclic) bond motifs is 1. The molecule has 0 saturated carbocycles. The smallest absolute Gasteiger partial charge is 0.318 e. The minimum Gasteiger partial charge on any atom is -0.481 e. The fraction of sp³-hybridized carbons (Fsp3) is 0.429. The maximum atomic E-state index is 11.5. The van der Waals surface area contributed by atoms with Crippen molar-refractivity contribution in [3.05, 3.63) is 29.3 Å². The van der Waals surface area contributed by atoms with Gasteiger partial charge in [-0.05, 0) is 49.4 Å². The highest BCUT2D eigenvalue weighted by Crippen LogP contribution is 2.31. The first-order valence-electron chi connectivity index (χ1n) is 6.62. The van der Waals surface area contributed by atoms with Gasteiger partial charge in [0.25, 0.3) is 5.91 Å². The molecule has 0 aromatic heterocycles. The zero-order chi connectivity index (χ0) is 14.7. The Hall–Kier alpha value is -2.08. The molecule has 0 heterocycles. The molecule has 1 aliphatic carbocycles. The van der Waals surface area contributed by atoms with Gasteiger partial charge >= 0.3 is 6.03 Å². The average Bonchev–Trinajstić information content (AvgIpc) is 2.39. The zero-order valence-corrected chi connectivity index (χ0v) is 11.4. The first kappa shape index (κ1) is 14.3. The van der Waals surface area contributed by atoms with E-state index >= 15 is 0 Å². The van der Waals surface area contributed by atoms with Gasteiger partial charge in [-0.2, -0.15) is 0 Å². The first-order valence-corrected chi connectivity index (χ1v) is 6.62. The molecule has 1 aliphatic rings. The monoisotopic (exact) mass is 277 g/mol. The van der Waals surface area contributed by atoms with Crippen molar-refractivity contribution in [1.29, 1.82) is 0 Å². The molecule has 0 fully saturated rings. The molecule has 2 atom stereocenters. The quantitative estimate of drug-likeness (QED) is 0.765. The average molecular weight is 277 g/mol. The Kier molecular flexibility index (Phi) is 4.24. The number of imide groups is 1. The van der Waals surface area contributed by atoms with E-state index in [4.69, 9.17) is 16.2 Å². The van der Waals surface area contributed by atoms with Gasteiger partial charge in [-0.15, -0.1) is 0 Å². The van der Waals surface area contributed by atoms with Crippen LogP contribution in [0.3, 0.4) is 0 Å². The molecule has 1 aromatic carbocycles. The summed E-state index contributed by atoms with van der Waals surface area (Å²) in [6, 6.07) is 4.77. The number of hydrogen-bond donors (Lipinski definition) is 3. The van der Waals surface area contributed by atoms with Gasteiger partial charge in [0.1, 0.15) is 5.75 Å². The molecule has 3 amide bonds. The number of carbonyl (C=O) groups excluding carboxylic acids is 2. The Morgan fingerprint density at radius 2 is 2.20 bits per heavy atom. The van der Waals surface area contributed by atoms with Gasteiger partial charge in [-0.3, -0.25) is 10.1 Å². The van der Waals surface area contributed by atoms with Crippen LogP contribution in [0.15, 0.2) is 18.2 Å². The molecule has 0 bridgehead atoms. The van der Waals surface area contributed by atoms with Crippen molar-refractivity contribution in [3.63, 3.8) is 0 Å². The fourth-order valence-electron chi connectivity index (χ4n) is 2.37. The van der Waals surface area contributed by atoms with Gasteiger partial charge in [0.05, 0.1) is 0 Å². The largest absolute Gasteiger partial charge is 0.481 e. The van der Waals surface area contributed by atoms with E-state index in [9.17, 15) is 9.59 Å².